The summed E-state index contributed by atoms with van der Waals surface area (Å²) in [5.41, 5.74) is 3.30. The van der Waals surface area contributed by atoms with Crippen molar-refractivity contribution < 1.29 is 14.7 Å². The van der Waals surface area contributed by atoms with Crippen molar-refractivity contribution in [3.63, 3.8) is 0 Å². The maximum atomic E-state index is 12.8. The number of fused-ring (bicyclic) bond motifs is 5. The number of amides is 3. The van der Waals surface area contributed by atoms with Gasteiger partial charge in [0.1, 0.15) is 5.75 Å². The molecule has 5 rings (SSSR count). The lowest BCUT2D eigenvalue weighted by atomic mass is 9.97. The van der Waals surface area contributed by atoms with Crippen molar-refractivity contribution in [2.75, 3.05) is 5.32 Å². The number of aromatic nitrogens is 1. The third-order valence-corrected chi connectivity index (χ3v) is 5.74. The number of carbonyl (C=O) groups is 2. The Hall–Kier alpha value is -4.83. The second-order valence-electron chi connectivity index (χ2n) is 7.75. The zero-order valence-electron chi connectivity index (χ0n) is 17.6. The van der Waals surface area contributed by atoms with Crippen molar-refractivity contribution in [2.24, 2.45) is 0 Å². The second kappa shape index (κ2) is 7.70. The van der Waals surface area contributed by atoms with Gasteiger partial charge in [-0.05, 0) is 48.7 Å². The molecule has 1 heterocycles. The highest BCUT2D eigenvalue weighted by Gasteiger charge is 2.20. The van der Waals surface area contributed by atoms with E-state index in [9.17, 15) is 14.7 Å². The molecule has 0 unspecified atom stereocenters. The molecule has 0 atom stereocenters. The van der Waals surface area contributed by atoms with E-state index in [4.69, 9.17) is 5.26 Å². The largest absolute Gasteiger partial charge is 0.507 e. The molecule has 0 aliphatic heterocycles. The average Bonchev–Trinajstić information content (AvgIpc) is 3.20. The zero-order chi connectivity index (χ0) is 23.1. The van der Waals surface area contributed by atoms with Crippen LogP contribution in [-0.4, -0.2) is 22.0 Å². The first-order valence-corrected chi connectivity index (χ1v) is 10.2. The van der Waals surface area contributed by atoms with Gasteiger partial charge in [-0.25, -0.2) is 4.79 Å². The van der Waals surface area contributed by atoms with E-state index in [1.54, 1.807) is 37.3 Å². The first-order valence-electron chi connectivity index (χ1n) is 10.2. The molecule has 4 N–H and O–H groups in total. The molecule has 0 saturated heterocycles. The van der Waals surface area contributed by atoms with E-state index in [1.807, 2.05) is 42.5 Å². The maximum Gasteiger partial charge on any atom is 0.326 e. The number of H-pyrrole nitrogens is 1. The molecule has 0 bridgehead atoms. The van der Waals surface area contributed by atoms with Gasteiger partial charge in [0.15, 0.2) is 0 Å². The Bertz CT molecular complexity index is 1630. The minimum atomic E-state index is -0.743. The predicted molar refractivity (Wildman–Crippen MR) is 127 cm³/mol. The topological polar surface area (TPSA) is 118 Å². The van der Waals surface area contributed by atoms with E-state index in [2.05, 4.69) is 15.6 Å². The van der Waals surface area contributed by atoms with Crippen LogP contribution in [-0.2, 0) is 0 Å². The summed E-state index contributed by atoms with van der Waals surface area (Å²) < 4.78 is 0. The SMILES string of the molecule is Cc1c(O)c(C(=O)NC(=O)Nc2ccc(C#N)cc2)cc2ccc3c4ccccc4[nH]c3c12. The summed E-state index contributed by atoms with van der Waals surface area (Å²) in [6, 6.07) is 20.9. The number of urea groups is 1. The molecule has 1 aromatic heterocycles. The number of hydrogen-bond acceptors (Lipinski definition) is 4. The molecule has 0 spiro atoms. The van der Waals surface area contributed by atoms with Crippen molar-refractivity contribution in [1.82, 2.24) is 10.3 Å². The fraction of sp³-hybridized carbons (Fsp3) is 0.0385. The van der Waals surface area contributed by atoms with Gasteiger partial charge >= 0.3 is 6.03 Å². The summed E-state index contributed by atoms with van der Waals surface area (Å²) in [5.74, 6) is -0.905. The second-order valence-corrected chi connectivity index (χ2v) is 7.75. The van der Waals surface area contributed by atoms with E-state index in [0.717, 1.165) is 32.6 Å². The van der Waals surface area contributed by atoms with Crippen molar-refractivity contribution >= 4 is 50.2 Å². The molecule has 0 saturated carbocycles. The quantitative estimate of drug-likeness (QED) is 0.301. The lowest BCUT2D eigenvalue weighted by Crippen LogP contribution is -2.34. The van der Waals surface area contributed by atoms with Gasteiger partial charge in [-0.1, -0.05) is 30.3 Å². The van der Waals surface area contributed by atoms with Crippen LogP contribution in [0, 0.1) is 18.3 Å². The maximum absolute atomic E-state index is 12.8. The van der Waals surface area contributed by atoms with Crippen LogP contribution in [0.4, 0.5) is 10.5 Å². The highest BCUT2D eigenvalue weighted by atomic mass is 16.3. The molecule has 7 nitrogen and oxygen atoms in total. The summed E-state index contributed by atoms with van der Waals surface area (Å²) in [6.45, 7) is 1.75. The molecule has 0 radical (unpaired) electrons. The number of phenols is 1. The van der Waals surface area contributed by atoms with Gasteiger partial charge in [0, 0.05) is 32.9 Å². The highest BCUT2D eigenvalue weighted by Crippen LogP contribution is 2.37. The van der Waals surface area contributed by atoms with Crippen LogP contribution in [0.15, 0.2) is 66.7 Å². The lowest BCUT2D eigenvalue weighted by Gasteiger charge is -2.12. The molecule has 160 valence electrons. The zero-order valence-corrected chi connectivity index (χ0v) is 17.6. The number of nitrogens with one attached hydrogen (secondary N) is 3. The van der Waals surface area contributed by atoms with Gasteiger partial charge in [0.25, 0.3) is 5.91 Å². The highest BCUT2D eigenvalue weighted by molar-refractivity contribution is 6.20. The first kappa shape index (κ1) is 20.1. The molecular formula is C26H18N4O3. The molecule has 5 aromatic rings. The Morgan fingerprint density at radius 1 is 1.00 bits per heavy atom. The monoisotopic (exact) mass is 434 g/mol. The molecule has 3 amide bonds. The molecule has 4 aromatic carbocycles. The number of para-hydroxylation sites is 1. The fourth-order valence-corrected chi connectivity index (χ4v) is 4.14. The molecule has 0 aliphatic carbocycles. The number of phenolic OH excluding ortho intramolecular Hbond substituents is 1. The predicted octanol–water partition coefficient (Wildman–Crippen LogP) is 5.32. The van der Waals surface area contributed by atoms with Gasteiger partial charge < -0.3 is 15.4 Å². The normalized spacial score (nSPS) is 10.9. The number of aryl methyl sites for hydroxylation is 1. The lowest BCUT2D eigenvalue weighted by molar-refractivity contribution is 0.0964. The number of anilines is 1. The number of imide groups is 1. The molecule has 0 fully saturated rings. The third-order valence-electron chi connectivity index (χ3n) is 5.74. The van der Waals surface area contributed by atoms with Crippen molar-refractivity contribution in [1.29, 1.82) is 5.26 Å². The first-order chi connectivity index (χ1) is 16.0. The summed E-state index contributed by atoms with van der Waals surface area (Å²) in [4.78, 5) is 28.5. The van der Waals surface area contributed by atoms with Crippen LogP contribution in [0.5, 0.6) is 5.75 Å². The molecule has 33 heavy (non-hydrogen) atoms. The van der Waals surface area contributed by atoms with Crippen LogP contribution in [0.3, 0.4) is 0 Å². The van der Waals surface area contributed by atoms with E-state index in [1.165, 1.54) is 0 Å². The molecule has 0 aliphatic rings. The smallest absolute Gasteiger partial charge is 0.326 e. The van der Waals surface area contributed by atoms with Crippen LogP contribution in [0.2, 0.25) is 0 Å². The number of aromatic amines is 1. The van der Waals surface area contributed by atoms with E-state index < -0.39 is 11.9 Å². The van der Waals surface area contributed by atoms with Gasteiger partial charge in [0.05, 0.1) is 22.7 Å². The van der Waals surface area contributed by atoms with Crippen molar-refractivity contribution in [2.45, 2.75) is 6.92 Å². The number of benzene rings is 4. The minimum absolute atomic E-state index is 0.00504. The summed E-state index contributed by atoms with van der Waals surface area (Å²) in [5, 5.41) is 28.1. The van der Waals surface area contributed by atoms with E-state index in [0.29, 0.717) is 16.8 Å². The van der Waals surface area contributed by atoms with Gasteiger partial charge in [-0.3, -0.25) is 10.1 Å². The van der Waals surface area contributed by atoms with E-state index in [-0.39, 0.29) is 11.3 Å². The minimum Gasteiger partial charge on any atom is -0.507 e. The Morgan fingerprint density at radius 3 is 2.52 bits per heavy atom. The van der Waals surface area contributed by atoms with Gasteiger partial charge in [-0.2, -0.15) is 5.26 Å². The molecule has 7 heteroatoms. The number of nitrogens with zero attached hydrogens (tertiary/aromatic N) is 1. The Labute approximate surface area is 188 Å². The molecular weight excluding hydrogens is 416 g/mol. The van der Waals surface area contributed by atoms with E-state index >= 15 is 0 Å². The Kier molecular flexibility index (Phi) is 4.69. The number of carbonyl (C=O) groups excluding carboxylic acids is 2. The summed E-state index contributed by atoms with van der Waals surface area (Å²) >= 11 is 0. The van der Waals surface area contributed by atoms with Crippen LogP contribution in [0.25, 0.3) is 32.6 Å². The standard InChI is InChI=1S/C26H18N4O3/c1-14-22-16(8-11-19-18-4-2-3-5-21(18)29-23(19)22)12-20(24(14)31)25(32)30-26(33)28-17-9-6-15(13-27)7-10-17/h2-12,29,31H,1H3,(H2,28,30,32,33). The Balaban J connectivity index is 1.48. The number of hydrogen-bond donors (Lipinski definition) is 4. The van der Waals surface area contributed by atoms with Crippen LogP contribution in [0.1, 0.15) is 21.5 Å². The summed E-state index contributed by atoms with van der Waals surface area (Å²) in [6.07, 6.45) is 0. The Morgan fingerprint density at radius 2 is 1.76 bits per heavy atom. The number of aromatic hydroxyl groups is 1. The van der Waals surface area contributed by atoms with Crippen molar-refractivity contribution in [3.8, 4) is 11.8 Å². The van der Waals surface area contributed by atoms with Crippen LogP contribution < -0.4 is 10.6 Å². The fourth-order valence-electron chi connectivity index (χ4n) is 4.14. The third kappa shape index (κ3) is 3.40. The van der Waals surface area contributed by atoms with Crippen LogP contribution >= 0.6 is 0 Å². The summed E-state index contributed by atoms with van der Waals surface area (Å²) in [7, 11) is 0. The number of nitriles is 1. The number of rotatable bonds is 2. The van der Waals surface area contributed by atoms with Gasteiger partial charge in [-0.15, -0.1) is 0 Å². The van der Waals surface area contributed by atoms with Gasteiger partial charge in [0.2, 0.25) is 0 Å². The average molecular weight is 434 g/mol. The van der Waals surface area contributed by atoms with Crippen molar-refractivity contribution in [3.05, 3.63) is 83.4 Å².